The molecule has 1 aromatic rings. The van der Waals surface area contributed by atoms with Crippen molar-refractivity contribution in [3.63, 3.8) is 0 Å². The summed E-state index contributed by atoms with van der Waals surface area (Å²) in [5, 5.41) is 0.314. The quantitative estimate of drug-likeness (QED) is 0.829. The maximum Gasteiger partial charge on any atom is 0.250 e. The van der Waals surface area contributed by atoms with Crippen molar-refractivity contribution in [2.75, 3.05) is 7.11 Å². The number of benzene rings is 1. The van der Waals surface area contributed by atoms with E-state index in [1.165, 1.54) is 19.2 Å². The topological polar surface area (TPSA) is 52.3 Å². The van der Waals surface area contributed by atoms with E-state index < -0.39 is 5.91 Å². The van der Waals surface area contributed by atoms with Gasteiger partial charge in [-0.15, -0.1) is 0 Å². The van der Waals surface area contributed by atoms with Crippen LogP contribution in [-0.4, -0.2) is 13.0 Å². The lowest BCUT2D eigenvalue weighted by molar-refractivity contribution is 0.100. The van der Waals surface area contributed by atoms with Crippen LogP contribution in [0.4, 0.5) is 0 Å². The molecule has 0 aliphatic carbocycles. The van der Waals surface area contributed by atoms with Gasteiger partial charge in [-0.25, -0.2) is 0 Å². The number of amides is 1. The fraction of sp³-hybridized carbons (Fsp3) is 0.125. The fourth-order valence-corrected chi connectivity index (χ4v) is 1.37. The average molecular weight is 220 g/mol. The molecule has 0 aromatic heterocycles. The molecule has 0 atom stereocenters. The van der Waals surface area contributed by atoms with Gasteiger partial charge in [0.2, 0.25) is 5.91 Å². The molecule has 70 valence electrons. The second-order valence-corrected chi connectivity index (χ2v) is 3.06. The molecule has 0 aliphatic heterocycles. The Kier molecular flexibility index (Phi) is 3.01. The number of rotatable bonds is 2. The maximum absolute atomic E-state index is 10.8. The Morgan fingerprint density at radius 1 is 1.38 bits per heavy atom. The van der Waals surface area contributed by atoms with Gasteiger partial charge in [0.1, 0.15) is 10.8 Å². The van der Waals surface area contributed by atoms with Gasteiger partial charge in [0.15, 0.2) is 0 Å². The Labute approximate surface area is 85.4 Å². The summed E-state index contributed by atoms with van der Waals surface area (Å²) in [4.78, 5) is 10.8. The third-order valence-corrected chi connectivity index (χ3v) is 2.40. The molecule has 0 bridgehead atoms. The number of carbonyl (C=O) groups excluding carboxylic acids is 1. The van der Waals surface area contributed by atoms with Gasteiger partial charge in [-0.05, 0) is 12.1 Å². The third-order valence-electron chi connectivity index (χ3n) is 1.53. The maximum atomic E-state index is 10.8. The molecule has 0 unspecified atom stereocenters. The number of carbonyl (C=O) groups is 1. The zero-order chi connectivity index (χ0) is 10.0. The molecule has 0 saturated heterocycles. The van der Waals surface area contributed by atoms with E-state index in [0.717, 1.165) is 0 Å². The normalized spacial score (nSPS) is 9.77. The molecule has 0 aliphatic rings. The van der Waals surface area contributed by atoms with Gasteiger partial charge < -0.3 is 10.5 Å². The number of methoxy groups -OCH3 is 1. The second-order valence-electron chi connectivity index (χ2n) is 2.31. The van der Waals surface area contributed by atoms with Crippen LogP contribution in [0.2, 0.25) is 10.0 Å². The summed E-state index contributed by atoms with van der Waals surface area (Å²) in [6, 6.07) is 3.00. The lowest BCUT2D eigenvalue weighted by atomic mass is 10.2. The van der Waals surface area contributed by atoms with Crippen molar-refractivity contribution in [1.29, 1.82) is 0 Å². The SMILES string of the molecule is COc1ccc(C(N)=O)c(Cl)c1Cl. The Balaban J connectivity index is 3.31. The smallest absolute Gasteiger partial charge is 0.250 e. The van der Waals surface area contributed by atoms with Crippen LogP contribution in [0, 0.1) is 0 Å². The van der Waals surface area contributed by atoms with Gasteiger partial charge in [0, 0.05) is 0 Å². The van der Waals surface area contributed by atoms with E-state index in [9.17, 15) is 4.79 Å². The summed E-state index contributed by atoms with van der Waals surface area (Å²) in [5.41, 5.74) is 5.24. The minimum absolute atomic E-state index is 0.119. The van der Waals surface area contributed by atoms with Gasteiger partial charge >= 0.3 is 0 Å². The Morgan fingerprint density at radius 3 is 2.46 bits per heavy atom. The summed E-state index contributed by atoms with van der Waals surface area (Å²) in [7, 11) is 1.46. The zero-order valence-corrected chi connectivity index (χ0v) is 8.32. The number of hydrogen-bond donors (Lipinski definition) is 1. The number of nitrogens with two attached hydrogens (primary N) is 1. The molecule has 1 aromatic carbocycles. The van der Waals surface area contributed by atoms with Crippen LogP contribution in [0.5, 0.6) is 5.75 Å². The molecule has 0 heterocycles. The molecular formula is C8H7Cl2NO2. The van der Waals surface area contributed by atoms with Crippen LogP contribution in [0.15, 0.2) is 12.1 Å². The lowest BCUT2D eigenvalue weighted by Crippen LogP contribution is -2.11. The number of halogens is 2. The predicted octanol–water partition coefficient (Wildman–Crippen LogP) is 2.10. The van der Waals surface area contributed by atoms with Crippen molar-refractivity contribution >= 4 is 29.1 Å². The minimum atomic E-state index is -0.616. The van der Waals surface area contributed by atoms with Crippen LogP contribution < -0.4 is 10.5 Å². The molecule has 1 rings (SSSR count). The van der Waals surface area contributed by atoms with E-state index in [2.05, 4.69) is 0 Å². The minimum Gasteiger partial charge on any atom is -0.495 e. The molecule has 0 saturated carbocycles. The standard InChI is InChI=1S/C8H7Cl2NO2/c1-13-5-3-2-4(8(11)12)6(9)7(5)10/h2-3H,1H3,(H2,11,12). The van der Waals surface area contributed by atoms with E-state index in [4.69, 9.17) is 33.7 Å². The van der Waals surface area contributed by atoms with Crippen molar-refractivity contribution in [1.82, 2.24) is 0 Å². The van der Waals surface area contributed by atoms with Gasteiger partial charge in [0.25, 0.3) is 0 Å². The van der Waals surface area contributed by atoms with Crippen molar-refractivity contribution in [3.8, 4) is 5.75 Å². The van der Waals surface area contributed by atoms with Crippen LogP contribution in [0.3, 0.4) is 0 Å². The molecule has 13 heavy (non-hydrogen) atoms. The Bertz CT molecular complexity index is 352. The highest BCUT2D eigenvalue weighted by Crippen LogP contribution is 2.34. The van der Waals surface area contributed by atoms with Gasteiger partial charge in [-0.3, -0.25) is 4.79 Å². The predicted molar refractivity (Wildman–Crippen MR) is 51.5 cm³/mol. The molecule has 0 radical (unpaired) electrons. The third kappa shape index (κ3) is 1.87. The van der Waals surface area contributed by atoms with Gasteiger partial charge in [-0.1, -0.05) is 23.2 Å². The first-order chi connectivity index (χ1) is 6.07. The summed E-state index contributed by atoms with van der Waals surface area (Å²) < 4.78 is 4.89. The molecule has 0 fully saturated rings. The van der Waals surface area contributed by atoms with Crippen molar-refractivity contribution in [2.24, 2.45) is 5.73 Å². The first-order valence-corrected chi connectivity index (χ1v) is 4.15. The van der Waals surface area contributed by atoms with Gasteiger partial charge in [-0.2, -0.15) is 0 Å². The van der Waals surface area contributed by atoms with Crippen molar-refractivity contribution in [2.45, 2.75) is 0 Å². The van der Waals surface area contributed by atoms with Crippen molar-refractivity contribution in [3.05, 3.63) is 27.7 Å². The van der Waals surface area contributed by atoms with E-state index >= 15 is 0 Å². The zero-order valence-electron chi connectivity index (χ0n) is 6.80. The monoisotopic (exact) mass is 219 g/mol. The Hall–Kier alpha value is -0.930. The molecule has 0 spiro atoms. The number of ether oxygens (including phenoxy) is 1. The van der Waals surface area contributed by atoms with Crippen LogP contribution in [-0.2, 0) is 0 Å². The largest absolute Gasteiger partial charge is 0.495 e. The average Bonchev–Trinajstić information content (AvgIpc) is 2.09. The molecule has 5 heteroatoms. The Morgan fingerprint density at radius 2 is 2.00 bits per heavy atom. The van der Waals surface area contributed by atoms with E-state index in [-0.39, 0.29) is 15.6 Å². The molecular weight excluding hydrogens is 213 g/mol. The fourth-order valence-electron chi connectivity index (χ4n) is 0.880. The van der Waals surface area contributed by atoms with E-state index in [1.807, 2.05) is 0 Å². The first-order valence-electron chi connectivity index (χ1n) is 3.39. The van der Waals surface area contributed by atoms with Crippen LogP contribution >= 0.6 is 23.2 Å². The number of primary amides is 1. The summed E-state index contributed by atoms with van der Waals surface area (Å²) in [5.74, 6) is -0.203. The lowest BCUT2D eigenvalue weighted by Gasteiger charge is -2.06. The molecule has 3 nitrogen and oxygen atoms in total. The summed E-state index contributed by atoms with van der Waals surface area (Å²) >= 11 is 11.5. The van der Waals surface area contributed by atoms with Gasteiger partial charge in [0.05, 0.1) is 17.7 Å². The second kappa shape index (κ2) is 3.85. The van der Waals surface area contributed by atoms with Crippen LogP contribution in [0.25, 0.3) is 0 Å². The van der Waals surface area contributed by atoms with E-state index in [1.54, 1.807) is 0 Å². The summed E-state index contributed by atoms with van der Waals surface area (Å²) in [6.45, 7) is 0. The highest BCUT2D eigenvalue weighted by molar-refractivity contribution is 6.44. The van der Waals surface area contributed by atoms with Crippen LogP contribution in [0.1, 0.15) is 10.4 Å². The first kappa shape index (κ1) is 10.2. The number of hydrogen-bond acceptors (Lipinski definition) is 2. The van der Waals surface area contributed by atoms with Crippen molar-refractivity contribution < 1.29 is 9.53 Å². The highest BCUT2D eigenvalue weighted by atomic mass is 35.5. The molecule has 1 amide bonds. The summed E-state index contributed by atoms with van der Waals surface area (Å²) in [6.07, 6.45) is 0. The molecule has 2 N–H and O–H groups in total. The van der Waals surface area contributed by atoms with E-state index in [0.29, 0.717) is 5.75 Å². The highest BCUT2D eigenvalue weighted by Gasteiger charge is 2.13.